The summed E-state index contributed by atoms with van der Waals surface area (Å²) in [7, 11) is 0. The summed E-state index contributed by atoms with van der Waals surface area (Å²) in [5.74, 6) is -0.000506. The van der Waals surface area contributed by atoms with Gasteiger partial charge < -0.3 is 10.6 Å². The summed E-state index contributed by atoms with van der Waals surface area (Å²) in [5, 5.41) is 6.47. The molecule has 16 heavy (non-hydrogen) atoms. The summed E-state index contributed by atoms with van der Waals surface area (Å²) >= 11 is 5.95. The van der Waals surface area contributed by atoms with E-state index in [0.717, 1.165) is 5.69 Å². The minimum absolute atomic E-state index is 0.000506. The molecule has 1 aromatic carbocycles. The van der Waals surface area contributed by atoms with Crippen LogP contribution in [0.5, 0.6) is 0 Å². The first-order valence-electron chi connectivity index (χ1n) is 5.10. The Morgan fingerprint density at radius 3 is 2.88 bits per heavy atom. The molecule has 0 aliphatic rings. The highest BCUT2D eigenvalue weighted by Crippen LogP contribution is 2.19. The Bertz CT molecular complexity index is 366. The summed E-state index contributed by atoms with van der Waals surface area (Å²) < 4.78 is 0. The van der Waals surface area contributed by atoms with E-state index < -0.39 is 0 Å². The Hall–Kier alpha value is -1.48. The molecule has 2 N–H and O–H groups in total. The van der Waals surface area contributed by atoms with Crippen molar-refractivity contribution in [3.63, 3.8) is 0 Å². The molecule has 0 saturated heterocycles. The van der Waals surface area contributed by atoms with Gasteiger partial charge in [-0.05, 0) is 12.1 Å². The van der Waals surface area contributed by atoms with E-state index in [1.165, 1.54) is 0 Å². The Morgan fingerprint density at radius 1 is 1.44 bits per heavy atom. The zero-order chi connectivity index (χ0) is 11.8. The van der Waals surface area contributed by atoms with Crippen LogP contribution in [0.2, 0.25) is 5.02 Å². The number of hydrogen-bond donors (Lipinski definition) is 2. The molecule has 0 unspecified atom stereocenters. The minimum Gasteiger partial charge on any atom is -0.383 e. The van der Waals surface area contributed by atoms with Crippen LogP contribution < -0.4 is 10.6 Å². The SMILES string of the molecule is C=CCNC(=O)CCNc1ccccc1Cl. The van der Waals surface area contributed by atoms with Gasteiger partial charge in [-0.2, -0.15) is 0 Å². The maximum atomic E-state index is 11.2. The summed E-state index contributed by atoms with van der Waals surface area (Å²) in [5.41, 5.74) is 0.848. The molecule has 1 aromatic rings. The fraction of sp³-hybridized carbons (Fsp3) is 0.250. The maximum Gasteiger partial charge on any atom is 0.222 e. The zero-order valence-corrected chi connectivity index (χ0v) is 9.76. The molecule has 3 nitrogen and oxygen atoms in total. The molecule has 0 atom stereocenters. The van der Waals surface area contributed by atoms with Crippen LogP contribution in [0.15, 0.2) is 36.9 Å². The number of anilines is 1. The molecule has 86 valence electrons. The predicted molar refractivity (Wildman–Crippen MR) is 67.8 cm³/mol. The Morgan fingerprint density at radius 2 is 2.19 bits per heavy atom. The summed E-state index contributed by atoms with van der Waals surface area (Å²) in [6.07, 6.45) is 2.07. The standard InChI is InChI=1S/C12H15ClN2O/c1-2-8-15-12(16)7-9-14-11-6-4-3-5-10(11)13/h2-6,14H,1,7-9H2,(H,15,16). The third-order valence-electron chi connectivity index (χ3n) is 1.98. The highest BCUT2D eigenvalue weighted by atomic mass is 35.5. The van der Waals surface area contributed by atoms with Crippen molar-refractivity contribution < 1.29 is 4.79 Å². The van der Waals surface area contributed by atoms with Crippen molar-refractivity contribution in [2.24, 2.45) is 0 Å². The summed E-state index contributed by atoms with van der Waals surface area (Å²) in [6.45, 7) is 4.59. The van der Waals surface area contributed by atoms with Crippen LogP contribution in [0.3, 0.4) is 0 Å². The van der Waals surface area contributed by atoms with Gasteiger partial charge in [0.15, 0.2) is 0 Å². The predicted octanol–water partition coefficient (Wildman–Crippen LogP) is 2.44. The third kappa shape index (κ3) is 4.36. The van der Waals surface area contributed by atoms with E-state index in [4.69, 9.17) is 11.6 Å². The van der Waals surface area contributed by atoms with E-state index >= 15 is 0 Å². The second-order valence-corrected chi connectivity index (χ2v) is 3.66. The first kappa shape index (κ1) is 12.6. The lowest BCUT2D eigenvalue weighted by Gasteiger charge is -2.07. The third-order valence-corrected chi connectivity index (χ3v) is 2.31. The lowest BCUT2D eigenvalue weighted by Crippen LogP contribution is -2.25. The largest absolute Gasteiger partial charge is 0.383 e. The number of para-hydroxylation sites is 1. The molecule has 0 aliphatic heterocycles. The first-order chi connectivity index (χ1) is 7.74. The lowest BCUT2D eigenvalue weighted by molar-refractivity contribution is -0.120. The number of rotatable bonds is 6. The quantitative estimate of drug-likeness (QED) is 0.748. The fourth-order valence-electron chi connectivity index (χ4n) is 1.19. The van der Waals surface area contributed by atoms with Gasteiger partial charge in [0.2, 0.25) is 5.91 Å². The molecule has 0 fully saturated rings. The van der Waals surface area contributed by atoms with Crippen molar-refractivity contribution in [2.45, 2.75) is 6.42 Å². The molecule has 0 aliphatic carbocycles. The van der Waals surface area contributed by atoms with E-state index in [-0.39, 0.29) is 5.91 Å². The van der Waals surface area contributed by atoms with Crippen LogP contribution >= 0.6 is 11.6 Å². The highest BCUT2D eigenvalue weighted by Gasteiger charge is 2.00. The van der Waals surface area contributed by atoms with Crippen LogP contribution in [0.4, 0.5) is 5.69 Å². The number of carbonyl (C=O) groups is 1. The Kier molecular flexibility index (Phi) is 5.43. The number of nitrogens with one attached hydrogen (secondary N) is 2. The van der Waals surface area contributed by atoms with Crippen molar-refractivity contribution >= 4 is 23.2 Å². The van der Waals surface area contributed by atoms with Crippen molar-refractivity contribution in [1.82, 2.24) is 5.32 Å². The average Bonchev–Trinajstić information content (AvgIpc) is 2.29. The zero-order valence-electron chi connectivity index (χ0n) is 9.00. The van der Waals surface area contributed by atoms with Gasteiger partial charge >= 0.3 is 0 Å². The van der Waals surface area contributed by atoms with E-state index in [1.54, 1.807) is 6.08 Å². The number of benzene rings is 1. The Balaban J connectivity index is 2.28. The summed E-state index contributed by atoms with van der Waals surface area (Å²) in [4.78, 5) is 11.2. The van der Waals surface area contributed by atoms with Gasteiger partial charge in [-0.25, -0.2) is 0 Å². The van der Waals surface area contributed by atoms with E-state index in [1.807, 2.05) is 24.3 Å². The topological polar surface area (TPSA) is 41.1 Å². The van der Waals surface area contributed by atoms with Gasteiger partial charge in [-0.15, -0.1) is 6.58 Å². The van der Waals surface area contributed by atoms with Crippen LogP contribution in [0, 0.1) is 0 Å². The van der Waals surface area contributed by atoms with E-state index in [2.05, 4.69) is 17.2 Å². The van der Waals surface area contributed by atoms with Gasteiger partial charge in [0.25, 0.3) is 0 Å². The van der Waals surface area contributed by atoms with Gasteiger partial charge in [0.1, 0.15) is 0 Å². The fourth-order valence-corrected chi connectivity index (χ4v) is 1.39. The molecule has 0 bridgehead atoms. The number of hydrogen-bond acceptors (Lipinski definition) is 2. The molecule has 0 aromatic heterocycles. The van der Waals surface area contributed by atoms with Crippen LogP contribution in [0.1, 0.15) is 6.42 Å². The van der Waals surface area contributed by atoms with Crippen molar-refractivity contribution in [3.8, 4) is 0 Å². The van der Waals surface area contributed by atoms with Gasteiger partial charge in [-0.3, -0.25) is 4.79 Å². The monoisotopic (exact) mass is 238 g/mol. The molecule has 4 heteroatoms. The molecule has 0 spiro atoms. The van der Waals surface area contributed by atoms with E-state index in [0.29, 0.717) is 24.5 Å². The minimum atomic E-state index is -0.000506. The molecule has 1 rings (SSSR count). The van der Waals surface area contributed by atoms with Crippen molar-refractivity contribution in [2.75, 3.05) is 18.4 Å². The number of carbonyl (C=O) groups excluding carboxylic acids is 1. The molecule has 0 radical (unpaired) electrons. The molecule has 1 amide bonds. The first-order valence-corrected chi connectivity index (χ1v) is 5.48. The van der Waals surface area contributed by atoms with Crippen molar-refractivity contribution in [1.29, 1.82) is 0 Å². The van der Waals surface area contributed by atoms with E-state index in [9.17, 15) is 4.79 Å². The number of halogens is 1. The number of amides is 1. The van der Waals surface area contributed by atoms with Crippen LogP contribution in [0.25, 0.3) is 0 Å². The normalized spacial score (nSPS) is 9.56. The lowest BCUT2D eigenvalue weighted by atomic mass is 10.3. The molecule has 0 heterocycles. The molecule has 0 saturated carbocycles. The molecular formula is C12H15ClN2O. The second kappa shape index (κ2) is 6.90. The Labute approximate surface area is 100 Å². The highest BCUT2D eigenvalue weighted by molar-refractivity contribution is 6.33. The van der Waals surface area contributed by atoms with Crippen LogP contribution in [-0.4, -0.2) is 19.0 Å². The molecular weight excluding hydrogens is 224 g/mol. The van der Waals surface area contributed by atoms with Gasteiger partial charge in [-0.1, -0.05) is 29.8 Å². The maximum absolute atomic E-state index is 11.2. The van der Waals surface area contributed by atoms with Gasteiger partial charge in [0, 0.05) is 19.5 Å². The smallest absolute Gasteiger partial charge is 0.222 e. The van der Waals surface area contributed by atoms with Gasteiger partial charge in [0.05, 0.1) is 10.7 Å². The van der Waals surface area contributed by atoms with Crippen molar-refractivity contribution in [3.05, 3.63) is 41.9 Å². The summed E-state index contributed by atoms with van der Waals surface area (Å²) in [6, 6.07) is 7.45. The average molecular weight is 239 g/mol. The van der Waals surface area contributed by atoms with Crippen LogP contribution in [-0.2, 0) is 4.79 Å². The second-order valence-electron chi connectivity index (χ2n) is 3.25.